The van der Waals surface area contributed by atoms with Crippen LogP contribution in [0.1, 0.15) is 22.8 Å². The number of rotatable bonds is 7. The van der Waals surface area contributed by atoms with Crippen LogP contribution in [0.25, 0.3) is 17.1 Å². The van der Waals surface area contributed by atoms with E-state index >= 15 is 0 Å². The number of aromatic nitrogens is 4. The summed E-state index contributed by atoms with van der Waals surface area (Å²) in [7, 11) is 1.63. The zero-order chi connectivity index (χ0) is 21.8. The SMILES string of the molecule is COc1ccc(C(C)=O)cc1CSc1nnc(-c2cccnc2)n1-c1ccc(Br)cc1. The Labute approximate surface area is 192 Å². The molecule has 0 bridgehead atoms. The highest BCUT2D eigenvalue weighted by Crippen LogP contribution is 2.32. The number of thioether (sulfide) groups is 1. The normalized spacial score (nSPS) is 10.8. The number of benzene rings is 2. The maximum absolute atomic E-state index is 11.8. The minimum atomic E-state index is 0.0193. The van der Waals surface area contributed by atoms with Gasteiger partial charge in [0, 0.05) is 45.0 Å². The predicted octanol–water partition coefficient (Wildman–Crippen LogP) is 5.60. The van der Waals surface area contributed by atoms with Gasteiger partial charge in [0.15, 0.2) is 16.8 Å². The van der Waals surface area contributed by atoms with E-state index in [1.54, 1.807) is 32.5 Å². The molecule has 0 atom stereocenters. The van der Waals surface area contributed by atoms with Gasteiger partial charge < -0.3 is 4.74 Å². The van der Waals surface area contributed by atoms with Crippen LogP contribution in [0.3, 0.4) is 0 Å². The van der Waals surface area contributed by atoms with Crippen LogP contribution in [-0.2, 0) is 5.75 Å². The van der Waals surface area contributed by atoms with Gasteiger partial charge in [0.25, 0.3) is 0 Å². The fraction of sp³-hybridized carbons (Fsp3) is 0.130. The number of Topliss-reactive ketones (excluding diaryl/α,β-unsaturated/α-hetero) is 1. The van der Waals surface area contributed by atoms with Crippen molar-refractivity contribution in [3.8, 4) is 22.8 Å². The van der Waals surface area contributed by atoms with Crippen molar-refractivity contribution in [1.82, 2.24) is 19.7 Å². The molecule has 0 amide bonds. The minimum absolute atomic E-state index is 0.0193. The second-order valence-corrected chi connectivity index (χ2v) is 8.59. The predicted molar refractivity (Wildman–Crippen MR) is 125 cm³/mol. The van der Waals surface area contributed by atoms with E-state index in [1.165, 1.54) is 11.8 Å². The summed E-state index contributed by atoms with van der Waals surface area (Å²) >= 11 is 5.02. The molecule has 31 heavy (non-hydrogen) atoms. The Morgan fingerprint density at radius 2 is 1.94 bits per heavy atom. The molecule has 0 spiro atoms. The molecule has 0 aliphatic heterocycles. The van der Waals surface area contributed by atoms with E-state index in [0.717, 1.165) is 32.2 Å². The van der Waals surface area contributed by atoms with Crippen molar-refractivity contribution in [1.29, 1.82) is 0 Å². The lowest BCUT2D eigenvalue weighted by Crippen LogP contribution is -2.01. The van der Waals surface area contributed by atoms with E-state index in [9.17, 15) is 4.79 Å². The van der Waals surface area contributed by atoms with Gasteiger partial charge in [-0.1, -0.05) is 27.7 Å². The number of carbonyl (C=O) groups is 1. The van der Waals surface area contributed by atoms with Crippen LogP contribution >= 0.6 is 27.7 Å². The van der Waals surface area contributed by atoms with E-state index in [4.69, 9.17) is 4.74 Å². The smallest absolute Gasteiger partial charge is 0.196 e. The van der Waals surface area contributed by atoms with Crippen LogP contribution in [0, 0.1) is 0 Å². The molecule has 4 rings (SSSR count). The van der Waals surface area contributed by atoms with Crippen LogP contribution in [0.4, 0.5) is 0 Å². The summed E-state index contributed by atoms with van der Waals surface area (Å²) in [4.78, 5) is 16.0. The van der Waals surface area contributed by atoms with Crippen molar-refractivity contribution < 1.29 is 9.53 Å². The van der Waals surface area contributed by atoms with E-state index in [0.29, 0.717) is 17.1 Å². The van der Waals surface area contributed by atoms with Crippen molar-refractivity contribution in [2.24, 2.45) is 0 Å². The van der Waals surface area contributed by atoms with Crippen LogP contribution < -0.4 is 4.74 Å². The number of carbonyl (C=O) groups excluding carboxylic acids is 1. The molecule has 0 fully saturated rings. The number of halogens is 1. The average Bonchev–Trinajstić information content (AvgIpc) is 3.22. The van der Waals surface area contributed by atoms with E-state index in [1.807, 2.05) is 53.1 Å². The second kappa shape index (κ2) is 9.45. The molecule has 2 heterocycles. The number of hydrogen-bond donors (Lipinski definition) is 0. The molecule has 0 radical (unpaired) electrons. The van der Waals surface area contributed by atoms with Gasteiger partial charge in [-0.15, -0.1) is 10.2 Å². The first kappa shape index (κ1) is 21.3. The molecule has 2 aromatic heterocycles. The molecule has 0 aliphatic carbocycles. The Hall–Kier alpha value is -2.97. The number of nitrogens with zero attached hydrogens (tertiary/aromatic N) is 4. The van der Waals surface area contributed by atoms with E-state index in [2.05, 4.69) is 31.1 Å². The van der Waals surface area contributed by atoms with Crippen LogP contribution in [-0.4, -0.2) is 32.6 Å². The molecule has 0 unspecified atom stereocenters. The highest BCUT2D eigenvalue weighted by molar-refractivity contribution is 9.10. The molecule has 0 saturated heterocycles. The maximum Gasteiger partial charge on any atom is 0.196 e. The van der Waals surface area contributed by atoms with E-state index < -0.39 is 0 Å². The Morgan fingerprint density at radius 1 is 1.13 bits per heavy atom. The molecule has 8 heteroatoms. The van der Waals surface area contributed by atoms with E-state index in [-0.39, 0.29) is 5.78 Å². The zero-order valence-corrected chi connectivity index (χ0v) is 19.4. The Bertz CT molecular complexity index is 1210. The monoisotopic (exact) mass is 494 g/mol. The van der Waals surface area contributed by atoms with Gasteiger partial charge in [-0.2, -0.15) is 0 Å². The fourth-order valence-electron chi connectivity index (χ4n) is 3.12. The molecule has 2 aromatic carbocycles. The van der Waals surface area contributed by atoms with Gasteiger partial charge in [-0.25, -0.2) is 0 Å². The quantitative estimate of drug-likeness (QED) is 0.246. The molecular formula is C23H19BrN4O2S. The van der Waals surface area contributed by atoms with Crippen molar-refractivity contribution >= 4 is 33.5 Å². The standard InChI is InChI=1S/C23H19BrN4O2S/c1-15(29)16-5-10-21(30-2)18(12-16)14-31-23-27-26-22(17-4-3-11-25-13-17)28(23)20-8-6-19(24)7-9-20/h3-13H,14H2,1-2H3. The molecule has 156 valence electrons. The lowest BCUT2D eigenvalue weighted by Gasteiger charge is -2.12. The number of ketones is 1. The second-order valence-electron chi connectivity index (χ2n) is 6.73. The Kier molecular flexibility index (Phi) is 6.48. The highest BCUT2D eigenvalue weighted by Gasteiger charge is 2.17. The Balaban J connectivity index is 1.73. The van der Waals surface area contributed by atoms with Gasteiger partial charge in [0.05, 0.1) is 7.11 Å². The average molecular weight is 495 g/mol. The van der Waals surface area contributed by atoms with Gasteiger partial charge in [-0.05, 0) is 61.5 Å². The summed E-state index contributed by atoms with van der Waals surface area (Å²) in [5.74, 6) is 2.04. The molecule has 4 aromatic rings. The third kappa shape index (κ3) is 4.70. The summed E-state index contributed by atoms with van der Waals surface area (Å²) in [5, 5.41) is 9.62. The van der Waals surface area contributed by atoms with Gasteiger partial charge in [0.2, 0.25) is 0 Å². The highest BCUT2D eigenvalue weighted by atomic mass is 79.9. The van der Waals surface area contributed by atoms with Crippen LogP contribution in [0.5, 0.6) is 5.75 Å². The third-order valence-corrected chi connectivity index (χ3v) is 6.19. The van der Waals surface area contributed by atoms with Gasteiger partial charge in [-0.3, -0.25) is 14.3 Å². The minimum Gasteiger partial charge on any atom is -0.496 e. The van der Waals surface area contributed by atoms with Crippen molar-refractivity contribution in [3.05, 3.63) is 82.6 Å². The summed E-state index contributed by atoms with van der Waals surface area (Å²) < 4.78 is 8.49. The first-order chi connectivity index (χ1) is 15.1. The van der Waals surface area contributed by atoms with Crippen LogP contribution in [0.15, 0.2) is 76.6 Å². The molecule has 0 aliphatic rings. The molecular weight excluding hydrogens is 476 g/mol. The number of hydrogen-bond acceptors (Lipinski definition) is 6. The van der Waals surface area contributed by atoms with Gasteiger partial charge >= 0.3 is 0 Å². The number of methoxy groups -OCH3 is 1. The molecule has 0 saturated carbocycles. The first-order valence-corrected chi connectivity index (χ1v) is 11.3. The topological polar surface area (TPSA) is 69.9 Å². The largest absolute Gasteiger partial charge is 0.496 e. The third-order valence-electron chi connectivity index (χ3n) is 4.68. The number of ether oxygens (including phenoxy) is 1. The summed E-state index contributed by atoms with van der Waals surface area (Å²) in [6.07, 6.45) is 3.50. The van der Waals surface area contributed by atoms with Crippen molar-refractivity contribution in [2.75, 3.05) is 7.11 Å². The van der Waals surface area contributed by atoms with Gasteiger partial charge in [0.1, 0.15) is 5.75 Å². The molecule has 0 N–H and O–H groups in total. The zero-order valence-electron chi connectivity index (χ0n) is 16.9. The lowest BCUT2D eigenvalue weighted by atomic mass is 10.1. The van der Waals surface area contributed by atoms with Crippen molar-refractivity contribution in [3.63, 3.8) is 0 Å². The summed E-state index contributed by atoms with van der Waals surface area (Å²) in [6, 6.07) is 17.3. The lowest BCUT2D eigenvalue weighted by molar-refractivity contribution is 0.101. The number of pyridine rings is 1. The summed E-state index contributed by atoms with van der Waals surface area (Å²) in [5.41, 5.74) is 3.40. The maximum atomic E-state index is 11.8. The summed E-state index contributed by atoms with van der Waals surface area (Å²) in [6.45, 7) is 1.56. The van der Waals surface area contributed by atoms with Crippen LogP contribution in [0.2, 0.25) is 0 Å². The van der Waals surface area contributed by atoms with Crippen molar-refractivity contribution in [2.45, 2.75) is 17.8 Å². The molecule has 6 nitrogen and oxygen atoms in total. The fourth-order valence-corrected chi connectivity index (χ4v) is 4.32. The first-order valence-electron chi connectivity index (χ1n) is 9.49. The Morgan fingerprint density at radius 3 is 2.61 bits per heavy atom.